The molecule has 0 bridgehead atoms. The molecule has 0 radical (unpaired) electrons. The van der Waals surface area contributed by atoms with E-state index in [2.05, 4.69) is 0 Å². The van der Waals surface area contributed by atoms with Crippen molar-refractivity contribution in [2.24, 2.45) is 5.14 Å². The van der Waals surface area contributed by atoms with Crippen LogP contribution >= 0.6 is 0 Å². The Labute approximate surface area is 112 Å². The molecule has 0 aliphatic carbocycles. The Bertz CT molecular complexity index is 536. The Hall–Kier alpha value is -1.44. The van der Waals surface area contributed by atoms with Gasteiger partial charge in [0.25, 0.3) is 0 Å². The van der Waals surface area contributed by atoms with E-state index in [1.807, 2.05) is 6.07 Å². The predicted molar refractivity (Wildman–Crippen MR) is 69.6 cm³/mol. The molecule has 2 N–H and O–H groups in total. The van der Waals surface area contributed by atoms with Gasteiger partial charge in [-0.15, -0.1) is 5.06 Å². The summed E-state index contributed by atoms with van der Waals surface area (Å²) in [5.74, 6) is -0.436. The average Bonchev–Trinajstić information content (AvgIpc) is 2.39. The summed E-state index contributed by atoms with van der Waals surface area (Å²) < 4.78 is 22.4. The molecule has 7 heteroatoms. The molecule has 0 spiro atoms. The highest BCUT2D eigenvalue weighted by atomic mass is 32.2. The summed E-state index contributed by atoms with van der Waals surface area (Å²) >= 11 is 0. The highest BCUT2D eigenvalue weighted by molar-refractivity contribution is 7.89. The molecule has 0 amide bonds. The largest absolute Gasteiger partial charge is 0.364 e. The molecular formula is C12H16N2O4S. The van der Waals surface area contributed by atoms with Gasteiger partial charge in [0.15, 0.2) is 0 Å². The number of nitrogens with zero attached hydrogens (tertiary/aromatic N) is 1. The number of hydrogen-bond acceptors (Lipinski definition) is 5. The van der Waals surface area contributed by atoms with E-state index in [0.29, 0.717) is 31.5 Å². The van der Waals surface area contributed by atoms with Gasteiger partial charge in [-0.1, -0.05) is 18.2 Å². The van der Waals surface area contributed by atoms with E-state index in [1.54, 1.807) is 24.3 Å². The first-order chi connectivity index (χ1) is 8.97. The molecule has 1 saturated heterocycles. The van der Waals surface area contributed by atoms with Gasteiger partial charge >= 0.3 is 5.97 Å². The number of carbonyl (C=O) groups is 1. The number of nitrogens with two attached hydrogens (primary N) is 1. The minimum atomic E-state index is -3.50. The molecule has 1 aliphatic rings. The minimum absolute atomic E-state index is 0.375. The summed E-state index contributed by atoms with van der Waals surface area (Å²) in [5, 5.41) is 6.03. The van der Waals surface area contributed by atoms with Crippen LogP contribution in [-0.4, -0.2) is 37.8 Å². The van der Waals surface area contributed by atoms with Crippen molar-refractivity contribution in [3.8, 4) is 0 Å². The van der Waals surface area contributed by atoms with Gasteiger partial charge in [0.1, 0.15) is 0 Å². The Balaban J connectivity index is 1.88. The molecule has 2 rings (SSSR count). The van der Waals surface area contributed by atoms with Gasteiger partial charge in [0, 0.05) is 13.1 Å². The first-order valence-corrected chi connectivity index (χ1v) is 7.61. The standard InChI is InChI=1S/C12H16N2O4S/c13-19(16,17)11-6-8-14(9-7-11)18-12(15)10-4-2-1-3-5-10/h1-5,11H,6-9H2,(H2,13,16,17). The molecule has 0 saturated carbocycles. The Morgan fingerprint density at radius 3 is 2.32 bits per heavy atom. The van der Waals surface area contributed by atoms with Gasteiger partial charge in [0.05, 0.1) is 10.8 Å². The van der Waals surface area contributed by atoms with E-state index >= 15 is 0 Å². The van der Waals surface area contributed by atoms with Crippen molar-refractivity contribution in [2.75, 3.05) is 13.1 Å². The molecule has 0 aromatic heterocycles. The van der Waals surface area contributed by atoms with Crippen molar-refractivity contribution < 1.29 is 18.0 Å². The third kappa shape index (κ3) is 3.76. The number of benzene rings is 1. The second kappa shape index (κ2) is 5.68. The smallest absolute Gasteiger partial charge is 0.357 e. The molecule has 104 valence electrons. The Morgan fingerprint density at radius 2 is 1.79 bits per heavy atom. The quantitative estimate of drug-likeness (QED) is 0.873. The van der Waals surface area contributed by atoms with Gasteiger partial charge in [-0.2, -0.15) is 0 Å². The van der Waals surface area contributed by atoms with Crippen LogP contribution in [0.5, 0.6) is 0 Å². The van der Waals surface area contributed by atoms with Crippen LogP contribution in [0.15, 0.2) is 30.3 Å². The highest BCUT2D eigenvalue weighted by Crippen LogP contribution is 2.16. The molecule has 1 aromatic rings. The Morgan fingerprint density at radius 1 is 1.21 bits per heavy atom. The van der Waals surface area contributed by atoms with Crippen molar-refractivity contribution in [2.45, 2.75) is 18.1 Å². The van der Waals surface area contributed by atoms with Gasteiger partial charge in [-0.05, 0) is 25.0 Å². The zero-order chi connectivity index (χ0) is 13.9. The molecule has 6 nitrogen and oxygen atoms in total. The minimum Gasteiger partial charge on any atom is -0.364 e. The summed E-state index contributed by atoms with van der Waals surface area (Å²) in [6.07, 6.45) is 0.752. The number of rotatable bonds is 3. The molecule has 0 unspecified atom stereocenters. The van der Waals surface area contributed by atoms with E-state index in [9.17, 15) is 13.2 Å². The number of primary sulfonamides is 1. The second-order valence-electron chi connectivity index (χ2n) is 4.46. The van der Waals surface area contributed by atoms with Crippen LogP contribution < -0.4 is 5.14 Å². The number of sulfonamides is 1. The average molecular weight is 284 g/mol. The van der Waals surface area contributed by atoms with Gasteiger partial charge in [-0.25, -0.2) is 18.4 Å². The normalized spacial score (nSPS) is 18.2. The second-order valence-corrected chi connectivity index (χ2v) is 6.31. The topological polar surface area (TPSA) is 89.7 Å². The summed E-state index contributed by atoms with van der Waals surface area (Å²) in [4.78, 5) is 17.0. The molecule has 1 aromatic carbocycles. The van der Waals surface area contributed by atoms with Crippen molar-refractivity contribution in [1.82, 2.24) is 5.06 Å². The van der Waals surface area contributed by atoms with Crippen LogP contribution in [0.25, 0.3) is 0 Å². The van der Waals surface area contributed by atoms with Crippen LogP contribution in [0.4, 0.5) is 0 Å². The van der Waals surface area contributed by atoms with Crippen molar-refractivity contribution in [1.29, 1.82) is 0 Å². The summed E-state index contributed by atoms with van der Waals surface area (Å²) in [5.41, 5.74) is 0.469. The third-order valence-corrected chi connectivity index (χ3v) is 4.49. The van der Waals surface area contributed by atoms with Crippen LogP contribution in [0, 0.1) is 0 Å². The lowest BCUT2D eigenvalue weighted by Crippen LogP contribution is -2.42. The summed E-state index contributed by atoms with van der Waals surface area (Å²) in [6, 6.07) is 8.65. The lowest BCUT2D eigenvalue weighted by molar-refractivity contribution is -0.118. The van der Waals surface area contributed by atoms with E-state index in [4.69, 9.17) is 9.98 Å². The Kier molecular flexibility index (Phi) is 4.18. The van der Waals surface area contributed by atoms with Crippen LogP contribution in [-0.2, 0) is 14.9 Å². The van der Waals surface area contributed by atoms with Gasteiger partial charge < -0.3 is 4.84 Å². The fourth-order valence-corrected chi connectivity index (χ4v) is 2.86. The SMILES string of the molecule is NS(=O)(=O)C1CCN(OC(=O)c2ccccc2)CC1. The fraction of sp³-hybridized carbons (Fsp3) is 0.417. The molecule has 1 fully saturated rings. The number of hydrogen-bond donors (Lipinski definition) is 1. The molecule has 0 atom stereocenters. The van der Waals surface area contributed by atoms with E-state index in [1.165, 1.54) is 5.06 Å². The monoisotopic (exact) mass is 284 g/mol. The molecular weight excluding hydrogens is 268 g/mol. The van der Waals surface area contributed by atoms with Gasteiger partial charge in [-0.3, -0.25) is 0 Å². The fourth-order valence-electron chi connectivity index (χ4n) is 2.00. The maximum Gasteiger partial charge on any atom is 0.357 e. The maximum absolute atomic E-state index is 11.8. The van der Waals surface area contributed by atoms with E-state index in [0.717, 1.165) is 0 Å². The molecule has 19 heavy (non-hydrogen) atoms. The van der Waals surface area contributed by atoms with Gasteiger partial charge in [0.2, 0.25) is 10.0 Å². The predicted octanol–water partition coefficient (Wildman–Crippen LogP) is 0.511. The van der Waals surface area contributed by atoms with Crippen molar-refractivity contribution in [3.05, 3.63) is 35.9 Å². The van der Waals surface area contributed by atoms with Crippen LogP contribution in [0.1, 0.15) is 23.2 Å². The highest BCUT2D eigenvalue weighted by Gasteiger charge is 2.28. The third-order valence-electron chi connectivity index (χ3n) is 3.09. The van der Waals surface area contributed by atoms with E-state index < -0.39 is 21.2 Å². The first kappa shape index (κ1) is 14.0. The number of piperidine rings is 1. The zero-order valence-corrected chi connectivity index (χ0v) is 11.2. The lowest BCUT2D eigenvalue weighted by Gasteiger charge is -2.29. The van der Waals surface area contributed by atoms with Crippen molar-refractivity contribution in [3.63, 3.8) is 0 Å². The first-order valence-electron chi connectivity index (χ1n) is 6.01. The zero-order valence-electron chi connectivity index (χ0n) is 10.4. The van der Waals surface area contributed by atoms with Crippen molar-refractivity contribution >= 4 is 16.0 Å². The molecule has 1 heterocycles. The molecule has 1 aliphatic heterocycles. The lowest BCUT2D eigenvalue weighted by atomic mass is 10.1. The van der Waals surface area contributed by atoms with Crippen LogP contribution in [0.2, 0.25) is 0 Å². The van der Waals surface area contributed by atoms with E-state index in [-0.39, 0.29) is 0 Å². The number of hydroxylamine groups is 2. The number of carbonyl (C=O) groups excluding carboxylic acids is 1. The maximum atomic E-state index is 11.8. The van der Waals surface area contributed by atoms with Crippen LogP contribution in [0.3, 0.4) is 0 Å². The summed E-state index contributed by atoms with van der Waals surface area (Å²) in [6.45, 7) is 0.749. The summed E-state index contributed by atoms with van der Waals surface area (Å²) in [7, 11) is -3.50.